The third kappa shape index (κ3) is 6.85. The average Bonchev–Trinajstić information content (AvgIpc) is 3.80. The monoisotopic (exact) mass is 904 g/mol. The smallest absolute Gasteiger partial charge is 0.120 e. The fourth-order valence-electron chi connectivity index (χ4n) is 7.17. The molecule has 10 rings (SSSR count). The Bertz CT molecular complexity index is 2910. The number of furan rings is 1. The van der Waals surface area contributed by atoms with Gasteiger partial charge in [-0.3, -0.25) is 4.98 Å². The number of hydrogen-bond acceptors (Lipinski definition) is 3. The van der Waals surface area contributed by atoms with E-state index in [2.05, 4.69) is 151 Å². The molecule has 6 heteroatoms. The van der Waals surface area contributed by atoms with Gasteiger partial charge in [-0.1, -0.05) is 140 Å². The number of imidazole rings is 1. The Kier molecular flexibility index (Phi) is 9.89. The minimum atomic E-state index is -1.23. The van der Waals surface area contributed by atoms with Crippen molar-refractivity contribution in [2.45, 2.75) is 19.6 Å². The quantitative estimate of drug-likeness (QED) is 0.128. The predicted molar refractivity (Wildman–Crippen MR) is 227 cm³/mol. The van der Waals surface area contributed by atoms with Crippen LogP contribution >= 0.6 is 0 Å². The first-order valence-corrected chi connectivity index (χ1v) is 21.7. The van der Waals surface area contributed by atoms with Crippen LogP contribution in [0, 0.1) is 12.1 Å². The van der Waals surface area contributed by atoms with E-state index in [-0.39, 0.29) is 20.1 Å². The van der Waals surface area contributed by atoms with Crippen molar-refractivity contribution in [3.05, 3.63) is 182 Å². The molecule has 0 saturated carbocycles. The van der Waals surface area contributed by atoms with Crippen LogP contribution in [0.4, 0.5) is 0 Å². The summed E-state index contributed by atoms with van der Waals surface area (Å²) >= 11 is 0. The summed E-state index contributed by atoms with van der Waals surface area (Å²) in [6, 6.07) is 63.0. The number of rotatable bonds is 5. The molecule has 0 atom stereocenters. The van der Waals surface area contributed by atoms with Gasteiger partial charge in [0.25, 0.3) is 0 Å². The van der Waals surface area contributed by atoms with Gasteiger partial charge < -0.3 is 14.0 Å². The summed E-state index contributed by atoms with van der Waals surface area (Å²) in [5, 5.41) is 5.89. The van der Waals surface area contributed by atoms with Crippen molar-refractivity contribution in [2.24, 2.45) is 0 Å². The second-order valence-corrected chi connectivity index (χ2v) is 19.5. The van der Waals surface area contributed by atoms with Crippen molar-refractivity contribution < 1.29 is 24.5 Å². The van der Waals surface area contributed by atoms with Crippen LogP contribution in [0.5, 0.6) is 0 Å². The maximum atomic E-state index is 6.44. The van der Waals surface area contributed by atoms with E-state index >= 15 is 0 Å². The normalized spacial score (nSPS) is 11.4. The zero-order valence-corrected chi connectivity index (χ0v) is 34.1. The Balaban J connectivity index is 0.000000212. The SMILES string of the molecule is C[Si](C)(C)c1ccc(-c2[c-]cccc2)nc1.[Ir].[c-]1ccc2c(oc3ccccc32)c1-c1nc2ccccc2n1-c1c(-c2ccccc2)ccc2ccccc12. The minimum Gasteiger partial charge on any atom is -0.501 e. The number of para-hydroxylation sites is 3. The molecule has 1 radical (unpaired) electrons. The third-order valence-corrected chi connectivity index (χ3v) is 12.0. The summed E-state index contributed by atoms with van der Waals surface area (Å²) in [7, 11) is -1.23. The van der Waals surface area contributed by atoms with Crippen molar-refractivity contribution in [3.63, 3.8) is 0 Å². The zero-order valence-electron chi connectivity index (χ0n) is 30.7. The van der Waals surface area contributed by atoms with Crippen LogP contribution in [0.25, 0.3) is 83.2 Å². The molecule has 7 aromatic carbocycles. The summed E-state index contributed by atoms with van der Waals surface area (Å²) in [6.07, 6.45) is 2.02. The number of benzene rings is 7. The summed E-state index contributed by atoms with van der Waals surface area (Å²) in [5.74, 6) is 0.810. The second-order valence-electron chi connectivity index (χ2n) is 14.5. The molecule has 3 aromatic heterocycles. The van der Waals surface area contributed by atoms with Crippen LogP contribution < -0.4 is 5.19 Å². The van der Waals surface area contributed by atoms with Crippen molar-refractivity contribution in [1.82, 2.24) is 14.5 Å². The number of fused-ring (bicyclic) bond motifs is 5. The van der Waals surface area contributed by atoms with Crippen molar-refractivity contribution in [3.8, 4) is 39.5 Å². The first-order valence-electron chi connectivity index (χ1n) is 18.2. The molecule has 0 fully saturated rings. The Morgan fingerprint density at radius 2 is 1.36 bits per heavy atom. The van der Waals surface area contributed by atoms with Crippen molar-refractivity contribution in [2.75, 3.05) is 0 Å². The largest absolute Gasteiger partial charge is 0.501 e. The van der Waals surface area contributed by atoms with Crippen LogP contribution in [0.15, 0.2) is 174 Å². The van der Waals surface area contributed by atoms with Gasteiger partial charge in [0, 0.05) is 42.6 Å². The van der Waals surface area contributed by atoms with Crippen LogP contribution in [-0.2, 0) is 20.1 Å². The second kappa shape index (κ2) is 15.1. The Morgan fingerprint density at radius 1 is 0.618 bits per heavy atom. The number of nitrogens with zero attached hydrogens (tertiary/aromatic N) is 3. The minimum absolute atomic E-state index is 0. The molecule has 55 heavy (non-hydrogen) atoms. The Hall–Kier alpha value is -5.91. The van der Waals surface area contributed by atoms with Gasteiger partial charge in [0.15, 0.2) is 0 Å². The molecule has 4 nitrogen and oxygen atoms in total. The Morgan fingerprint density at radius 3 is 2.15 bits per heavy atom. The maximum absolute atomic E-state index is 6.44. The molecule has 0 unspecified atom stereocenters. The molecule has 0 N–H and O–H groups in total. The summed E-state index contributed by atoms with van der Waals surface area (Å²) < 4.78 is 8.73. The molecule has 269 valence electrons. The van der Waals surface area contributed by atoms with Gasteiger partial charge in [0.05, 0.1) is 36.2 Å². The fraction of sp³-hybridized carbons (Fsp3) is 0.0612. The molecule has 0 aliphatic heterocycles. The molecule has 0 spiro atoms. The van der Waals surface area contributed by atoms with Gasteiger partial charge in [0.2, 0.25) is 0 Å². The van der Waals surface area contributed by atoms with E-state index in [0.717, 1.165) is 77.8 Å². The average molecular weight is 904 g/mol. The van der Waals surface area contributed by atoms with Gasteiger partial charge in [0.1, 0.15) is 5.58 Å². The molecule has 3 heterocycles. The standard InChI is InChI=1S/C35H21N2O.C14H16NSi.Ir/c1-2-11-23(12-3-1)26-22-21-24-13-4-5-14-25(24)33(26)37-31-19-8-7-18-30(31)36-35(37)29-17-10-16-28-27-15-6-9-20-32(27)38-34(28)29;1-16(2,3)13-9-10-14(15-11-13)12-7-5-4-6-8-12;/h1-16,18-22H;4-7,9-11H,1-3H3;/q2*-1;. The topological polar surface area (TPSA) is 43.9 Å². The molecule has 10 aromatic rings. The summed E-state index contributed by atoms with van der Waals surface area (Å²) in [6.45, 7) is 7.00. The molecular weight excluding hydrogens is 867 g/mol. The van der Waals surface area contributed by atoms with Crippen LogP contribution in [0.2, 0.25) is 19.6 Å². The van der Waals surface area contributed by atoms with E-state index in [1.54, 1.807) is 0 Å². The Labute approximate surface area is 335 Å². The zero-order chi connectivity index (χ0) is 36.6. The number of aromatic nitrogens is 3. The molecule has 0 amide bonds. The van der Waals surface area contributed by atoms with E-state index in [9.17, 15) is 0 Å². The van der Waals surface area contributed by atoms with Gasteiger partial charge in [-0.15, -0.1) is 54.1 Å². The molecular formula is C49H37IrN3OSi-2. The first-order chi connectivity index (χ1) is 26.4. The van der Waals surface area contributed by atoms with E-state index in [4.69, 9.17) is 9.40 Å². The van der Waals surface area contributed by atoms with Gasteiger partial charge in [-0.25, -0.2) is 0 Å². The maximum Gasteiger partial charge on any atom is 0.120 e. The number of pyridine rings is 1. The molecule has 0 aliphatic carbocycles. The van der Waals surface area contributed by atoms with Crippen molar-refractivity contribution >= 4 is 57.0 Å². The summed E-state index contributed by atoms with van der Waals surface area (Å²) in [4.78, 5) is 9.71. The van der Waals surface area contributed by atoms with E-state index < -0.39 is 8.07 Å². The summed E-state index contributed by atoms with van der Waals surface area (Å²) in [5.41, 5.74) is 9.93. The molecule has 0 aliphatic rings. The third-order valence-electron chi connectivity index (χ3n) is 9.95. The van der Waals surface area contributed by atoms with Crippen LogP contribution in [0.3, 0.4) is 0 Å². The first kappa shape index (κ1) is 36.1. The van der Waals surface area contributed by atoms with Crippen molar-refractivity contribution in [1.29, 1.82) is 0 Å². The van der Waals surface area contributed by atoms with Gasteiger partial charge in [-0.05, 0) is 40.0 Å². The van der Waals surface area contributed by atoms with E-state index in [0.29, 0.717) is 0 Å². The van der Waals surface area contributed by atoms with E-state index in [1.165, 1.54) is 10.6 Å². The predicted octanol–water partition coefficient (Wildman–Crippen LogP) is 12.3. The van der Waals surface area contributed by atoms with Gasteiger partial charge in [-0.2, -0.15) is 0 Å². The van der Waals surface area contributed by atoms with Gasteiger partial charge >= 0.3 is 0 Å². The molecule has 0 saturated heterocycles. The van der Waals surface area contributed by atoms with Crippen LogP contribution in [0.1, 0.15) is 0 Å². The van der Waals surface area contributed by atoms with E-state index in [1.807, 2.05) is 60.8 Å². The molecule has 0 bridgehead atoms. The fourth-order valence-corrected chi connectivity index (χ4v) is 8.21. The van der Waals surface area contributed by atoms with Crippen LogP contribution in [-0.4, -0.2) is 22.6 Å². The number of hydrogen-bond donors (Lipinski definition) is 0.